The van der Waals surface area contributed by atoms with Gasteiger partial charge < -0.3 is 9.52 Å². The molecule has 0 unspecified atom stereocenters. The highest BCUT2D eigenvalue weighted by Crippen LogP contribution is 2.20. The fourth-order valence-corrected chi connectivity index (χ4v) is 1.22. The van der Waals surface area contributed by atoms with Crippen molar-refractivity contribution in [3.8, 4) is 5.75 Å². The molecule has 0 radical (unpaired) electrons. The number of benzene rings is 1. The summed E-state index contributed by atoms with van der Waals surface area (Å²) < 4.78 is 4.83. The number of aromatic amines is 1. The molecule has 0 saturated heterocycles. The van der Waals surface area contributed by atoms with E-state index in [1.54, 1.807) is 24.3 Å². The van der Waals surface area contributed by atoms with Crippen molar-refractivity contribution in [2.45, 2.75) is 0 Å². The number of para-hydroxylation sites is 1. The van der Waals surface area contributed by atoms with Crippen LogP contribution in [0.5, 0.6) is 5.75 Å². The lowest BCUT2D eigenvalue weighted by molar-refractivity contribution is 0.468. The smallest absolute Gasteiger partial charge is 0.339 e. The van der Waals surface area contributed by atoms with Gasteiger partial charge in [0.15, 0.2) is 0 Å². The van der Waals surface area contributed by atoms with Gasteiger partial charge in [0.05, 0.1) is 11.5 Å². The molecule has 3 aromatic rings. The van der Waals surface area contributed by atoms with Crippen LogP contribution < -0.4 is 5.63 Å². The fraction of sp³-hybridized carbons (Fsp3) is 0. The van der Waals surface area contributed by atoms with Gasteiger partial charge in [-0.1, -0.05) is 12.1 Å². The summed E-state index contributed by atoms with van der Waals surface area (Å²) in [4.78, 5) is 10.8. The van der Waals surface area contributed by atoms with E-state index in [9.17, 15) is 9.90 Å². The quantitative estimate of drug-likeness (QED) is 0.553. The number of tetrazole rings is 1. The molecule has 0 atom stereocenters. The van der Waals surface area contributed by atoms with Gasteiger partial charge in [0.25, 0.3) is 0 Å². The molecule has 0 spiro atoms. The molecule has 0 amide bonds. The molecule has 2 aromatic heterocycles. The normalized spacial score (nSPS) is 9.65. The van der Waals surface area contributed by atoms with E-state index in [0.29, 0.717) is 11.0 Å². The molecule has 2 heterocycles. The maximum absolute atomic E-state index is 10.8. The summed E-state index contributed by atoms with van der Waals surface area (Å²) >= 11 is 0. The zero-order valence-electron chi connectivity index (χ0n) is 8.57. The first-order valence-electron chi connectivity index (χ1n) is 4.66. The second kappa shape index (κ2) is 4.88. The van der Waals surface area contributed by atoms with Crippen molar-refractivity contribution in [3.63, 3.8) is 0 Å². The van der Waals surface area contributed by atoms with Crippen molar-refractivity contribution in [1.29, 1.82) is 0 Å². The highest BCUT2D eigenvalue weighted by Gasteiger charge is 2.01. The van der Waals surface area contributed by atoms with Crippen molar-refractivity contribution in [3.05, 3.63) is 47.1 Å². The first-order valence-corrected chi connectivity index (χ1v) is 4.66. The Kier molecular flexibility index (Phi) is 3.10. The van der Waals surface area contributed by atoms with Crippen molar-refractivity contribution >= 4 is 11.0 Å². The molecular formula is C10H8N4O3. The predicted molar refractivity (Wildman–Crippen MR) is 58.3 cm³/mol. The lowest BCUT2D eigenvalue weighted by Crippen LogP contribution is -1.94. The summed E-state index contributed by atoms with van der Waals surface area (Å²) in [5.41, 5.74) is -0.131. The zero-order valence-corrected chi connectivity index (χ0v) is 8.57. The van der Waals surface area contributed by atoms with E-state index in [2.05, 4.69) is 20.6 Å². The first kappa shape index (κ1) is 10.8. The number of hydrogen-bond acceptors (Lipinski definition) is 6. The van der Waals surface area contributed by atoms with Crippen LogP contribution in [0.1, 0.15) is 0 Å². The molecule has 0 aliphatic heterocycles. The van der Waals surface area contributed by atoms with Crippen LogP contribution in [0.2, 0.25) is 0 Å². The maximum Gasteiger partial charge on any atom is 0.339 e. The number of hydrogen-bond donors (Lipinski definition) is 2. The van der Waals surface area contributed by atoms with Gasteiger partial charge in [-0.2, -0.15) is 0 Å². The van der Waals surface area contributed by atoms with Crippen molar-refractivity contribution < 1.29 is 9.52 Å². The van der Waals surface area contributed by atoms with Gasteiger partial charge in [-0.05, 0) is 22.6 Å². The van der Waals surface area contributed by atoms with Crippen molar-refractivity contribution in [2.75, 3.05) is 0 Å². The van der Waals surface area contributed by atoms with Gasteiger partial charge in [-0.25, -0.2) is 9.89 Å². The first-order chi connectivity index (χ1) is 8.27. The Morgan fingerprint density at radius 3 is 2.76 bits per heavy atom. The standard InChI is InChI=1S/C9H6O3.CH2N4/c10-7-5-9(11)12-8-4-2-1-3-6(7)8;1-2-4-5-3-1/h1-5,10H;1H,(H,2,3,4,5). The Morgan fingerprint density at radius 1 is 1.29 bits per heavy atom. The molecule has 0 saturated carbocycles. The van der Waals surface area contributed by atoms with Crippen LogP contribution >= 0.6 is 0 Å². The third-order valence-electron chi connectivity index (χ3n) is 1.90. The largest absolute Gasteiger partial charge is 0.507 e. The average Bonchev–Trinajstić information content (AvgIpc) is 2.87. The van der Waals surface area contributed by atoms with Crippen molar-refractivity contribution in [2.24, 2.45) is 0 Å². The molecule has 0 bridgehead atoms. The van der Waals surface area contributed by atoms with Crippen LogP contribution in [0.3, 0.4) is 0 Å². The Morgan fingerprint density at radius 2 is 2.12 bits per heavy atom. The summed E-state index contributed by atoms with van der Waals surface area (Å²) in [5, 5.41) is 21.9. The molecule has 86 valence electrons. The molecule has 17 heavy (non-hydrogen) atoms. The Bertz CT molecular complexity index is 631. The SMILES string of the molecule is O=c1cc(O)c2ccccc2o1.c1nnn[nH]1. The molecular weight excluding hydrogens is 224 g/mol. The van der Waals surface area contributed by atoms with Crippen LogP contribution in [0.4, 0.5) is 0 Å². The monoisotopic (exact) mass is 232 g/mol. The molecule has 0 aliphatic rings. The third-order valence-corrected chi connectivity index (χ3v) is 1.90. The van der Waals surface area contributed by atoms with E-state index in [4.69, 9.17) is 4.42 Å². The number of aromatic nitrogens is 4. The lowest BCUT2D eigenvalue weighted by Gasteiger charge is -1.96. The van der Waals surface area contributed by atoms with Gasteiger partial charge >= 0.3 is 5.63 Å². The van der Waals surface area contributed by atoms with Gasteiger partial charge in [-0.15, -0.1) is 5.10 Å². The third kappa shape index (κ3) is 2.65. The summed E-state index contributed by atoms with van der Waals surface area (Å²) in [6, 6.07) is 7.89. The Labute approximate surface area is 94.7 Å². The maximum atomic E-state index is 10.8. The minimum absolute atomic E-state index is 0.0400. The van der Waals surface area contributed by atoms with Gasteiger partial charge in [0.2, 0.25) is 0 Å². The van der Waals surface area contributed by atoms with Gasteiger partial charge in [0.1, 0.15) is 17.7 Å². The molecule has 3 rings (SSSR count). The minimum Gasteiger partial charge on any atom is -0.507 e. The van der Waals surface area contributed by atoms with Crippen LogP contribution in [0.15, 0.2) is 45.9 Å². The van der Waals surface area contributed by atoms with E-state index in [1.165, 1.54) is 6.33 Å². The highest BCUT2D eigenvalue weighted by atomic mass is 16.4. The number of rotatable bonds is 0. The summed E-state index contributed by atoms with van der Waals surface area (Å²) in [6.45, 7) is 0. The van der Waals surface area contributed by atoms with Crippen LogP contribution in [-0.2, 0) is 0 Å². The second-order valence-corrected chi connectivity index (χ2v) is 3.01. The van der Waals surface area contributed by atoms with E-state index in [-0.39, 0.29) is 5.75 Å². The van der Waals surface area contributed by atoms with E-state index >= 15 is 0 Å². The lowest BCUT2D eigenvalue weighted by atomic mass is 10.2. The molecule has 0 fully saturated rings. The van der Waals surface area contributed by atoms with Crippen molar-refractivity contribution in [1.82, 2.24) is 20.6 Å². The topological polar surface area (TPSA) is 105 Å². The Hall–Kier alpha value is -2.70. The molecule has 1 aromatic carbocycles. The van der Waals surface area contributed by atoms with Crippen LogP contribution in [0, 0.1) is 0 Å². The minimum atomic E-state index is -0.536. The fourth-order valence-electron chi connectivity index (χ4n) is 1.22. The van der Waals surface area contributed by atoms with E-state index in [1.807, 2.05) is 0 Å². The molecule has 0 aliphatic carbocycles. The average molecular weight is 232 g/mol. The zero-order chi connectivity index (χ0) is 12.1. The Balaban J connectivity index is 0.000000181. The molecule has 2 N–H and O–H groups in total. The van der Waals surface area contributed by atoms with Gasteiger partial charge in [-0.3, -0.25) is 0 Å². The number of nitrogens with one attached hydrogen (secondary N) is 1. The summed E-state index contributed by atoms with van der Waals surface area (Å²) in [5.74, 6) is -0.0400. The van der Waals surface area contributed by atoms with E-state index in [0.717, 1.165) is 6.07 Å². The number of fused-ring (bicyclic) bond motifs is 1. The van der Waals surface area contributed by atoms with Crippen LogP contribution in [0.25, 0.3) is 11.0 Å². The number of H-pyrrole nitrogens is 1. The summed E-state index contributed by atoms with van der Waals surface area (Å²) in [7, 11) is 0. The van der Waals surface area contributed by atoms with Gasteiger partial charge in [0, 0.05) is 0 Å². The molecule has 7 heteroatoms. The number of aromatic hydroxyl groups is 1. The highest BCUT2D eigenvalue weighted by molar-refractivity contribution is 5.82. The van der Waals surface area contributed by atoms with Crippen LogP contribution in [-0.4, -0.2) is 25.7 Å². The second-order valence-electron chi connectivity index (χ2n) is 3.01. The van der Waals surface area contributed by atoms with E-state index < -0.39 is 5.63 Å². The predicted octanol–water partition coefficient (Wildman–Crippen LogP) is 0.698. The molecule has 7 nitrogen and oxygen atoms in total. The number of nitrogens with zero attached hydrogens (tertiary/aromatic N) is 3. The summed E-state index contributed by atoms with van der Waals surface area (Å²) in [6.07, 6.45) is 1.40.